The first-order chi connectivity index (χ1) is 10.5. The van der Waals surface area contributed by atoms with Gasteiger partial charge in [-0.3, -0.25) is 0 Å². The first-order valence-corrected chi connectivity index (χ1v) is 7.97. The Hall–Kier alpha value is -1.82. The molecule has 22 heavy (non-hydrogen) atoms. The van der Waals surface area contributed by atoms with Gasteiger partial charge < -0.3 is 20.9 Å². The van der Waals surface area contributed by atoms with E-state index < -0.39 is 0 Å². The molecule has 0 radical (unpaired) electrons. The van der Waals surface area contributed by atoms with E-state index in [-0.39, 0.29) is 0 Å². The van der Waals surface area contributed by atoms with Crippen LogP contribution in [0.3, 0.4) is 0 Å². The van der Waals surface area contributed by atoms with Crippen molar-refractivity contribution >= 4 is 11.8 Å². The number of pyridine rings is 1. The molecule has 1 aromatic rings. The molecule has 1 aliphatic rings. The summed E-state index contributed by atoms with van der Waals surface area (Å²) in [6.07, 6.45) is 1.86. The number of piperazine rings is 1. The number of nitrogens with zero attached hydrogens (tertiary/aromatic N) is 4. The van der Waals surface area contributed by atoms with Crippen molar-refractivity contribution in [1.82, 2.24) is 15.2 Å². The van der Waals surface area contributed by atoms with Crippen LogP contribution >= 0.6 is 0 Å². The fourth-order valence-corrected chi connectivity index (χ4v) is 2.31. The Bertz CT molecular complexity index is 491. The third-order valence-corrected chi connectivity index (χ3v) is 3.76. The van der Waals surface area contributed by atoms with Crippen molar-refractivity contribution in [1.29, 1.82) is 0 Å². The van der Waals surface area contributed by atoms with Gasteiger partial charge in [0.2, 0.25) is 0 Å². The van der Waals surface area contributed by atoms with Gasteiger partial charge in [0.05, 0.1) is 6.54 Å². The van der Waals surface area contributed by atoms with Crippen LogP contribution in [0.5, 0.6) is 0 Å². The average molecular weight is 304 g/mol. The zero-order valence-electron chi connectivity index (χ0n) is 13.9. The van der Waals surface area contributed by atoms with Gasteiger partial charge in [0.1, 0.15) is 5.82 Å². The van der Waals surface area contributed by atoms with Crippen LogP contribution in [0.25, 0.3) is 0 Å². The van der Waals surface area contributed by atoms with Crippen molar-refractivity contribution in [2.75, 3.05) is 44.7 Å². The third kappa shape index (κ3) is 5.18. The standard InChI is InChI=1S/C16H28N6/c1-13(2)11-19-16(17)20-12-14-4-5-18-15(10-14)22-8-6-21(3)7-9-22/h4-5,10,13H,6-9,11-12H2,1-3H3,(H3,17,19,20). The van der Waals surface area contributed by atoms with Crippen molar-refractivity contribution in [3.05, 3.63) is 23.9 Å². The highest BCUT2D eigenvalue weighted by molar-refractivity contribution is 5.77. The second-order valence-electron chi connectivity index (χ2n) is 6.29. The number of guanidine groups is 1. The Kier molecular flexibility index (Phi) is 6.00. The molecule has 6 heteroatoms. The number of nitrogens with one attached hydrogen (secondary N) is 1. The third-order valence-electron chi connectivity index (χ3n) is 3.76. The van der Waals surface area contributed by atoms with Gasteiger partial charge in [-0.2, -0.15) is 0 Å². The monoisotopic (exact) mass is 304 g/mol. The normalized spacial score (nSPS) is 17.1. The SMILES string of the molecule is CC(C)CNC(N)=NCc1ccnc(N2CCN(C)CC2)c1. The molecule has 0 atom stereocenters. The van der Waals surface area contributed by atoms with Crippen molar-refractivity contribution in [3.8, 4) is 0 Å². The number of aromatic nitrogens is 1. The lowest BCUT2D eigenvalue weighted by Crippen LogP contribution is -2.44. The van der Waals surface area contributed by atoms with Gasteiger partial charge in [-0.15, -0.1) is 0 Å². The molecule has 6 nitrogen and oxygen atoms in total. The van der Waals surface area contributed by atoms with E-state index in [1.807, 2.05) is 12.3 Å². The van der Waals surface area contributed by atoms with Gasteiger partial charge in [0.25, 0.3) is 0 Å². The summed E-state index contributed by atoms with van der Waals surface area (Å²) in [5, 5.41) is 3.13. The van der Waals surface area contributed by atoms with Crippen LogP contribution in [0.4, 0.5) is 5.82 Å². The Balaban J connectivity index is 1.92. The molecule has 1 aromatic heterocycles. The van der Waals surface area contributed by atoms with Crippen LogP contribution < -0.4 is 16.0 Å². The molecule has 0 aliphatic carbocycles. The molecule has 3 N–H and O–H groups in total. The Morgan fingerprint density at radius 1 is 1.36 bits per heavy atom. The van der Waals surface area contributed by atoms with E-state index in [1.54, 1.807) is 0 Å². The fourth-order valence-electron chi connectivity index (χ4n) is 2.31. The number of nitrogens with two attached hydrogens (primary N) is 1. The van der Waals surface area contributed by atoms with Crippen molar-refractivity contribution < 1.29 is 0 Å². The van der Waals surface area contributed by atoms with E-state index in [2.05, 4.69) is 52.1 Å². The number of hydrogen-bond donors (Lipinski definition) is 2. The fraction of sp³-hybridized carbons (Fsp3) is 0.625. The summed E-state index contributed by atoms with van der Waals surface area (Å²) in [7, 11) is 2.16. The molecule has 0 saturated carbocycles. The molecule has 2 heterocycles. The Labute approximate surface area is 133 Å². The summed E-state index contributed by atoms with van der Waals surface area (Å²) in [6, 6.07) is 4.11. The van der Waals surface area contributed by atoms with E-state index in [4.69, 9.17) is 5.73 Å². The van der Waals surface area contributed by atoms with Gasteiger partial charge in [-0.25, -0.2) is 9.98 Å². The van der Waals surface area contributed by atoms with E-state index >= 15 is 0 Å². The van der Waals surface area contributed by atoms with Gasteiger partial charge in [0.15, 0.2) is 5.96 Å². The van der Waals surface area contributed by atoms with E-state index in [1.165, 1.54) is 0 Å². The van der Waals surface area contributed by atoms with Crippen LogP contribution in [-0.4, -0.2) is 55.6 Å². The molecular weight excluding hydrogens is 276 g/mol. The lowest BCUT2D eigenvalue weighted by atomic mass is 10.2. The number of anilines is 1. The zero-order chi connectivity index (χ0) is 15.9. The first kappa shape index (κ1) is 16.5. The number of rotatable bonds is 5. The summed E-state index contributed by atoms with van der Waals surface area (Å²) >= 11 is 0. The van der Waals surface area contributed by atoms with Gasteiger partial charge >= 0.3 is 0 Å². The largest absolute Gasteiger partial charge is 0.370 e. The van der Waals surface area contributed by atoms with Gasteiger partial charge in [0, 0.05) is 38.9 Å². The molecule has 0 unspecified atom stereocenters. The van der Waals surface area contributed by atoms with E-state index in [9.17, 15) is 0 Å². The van der Waals surface area contributed by atoms with Crippen LogP contribution in [0.15, 0.2) is 23.3 Å². The highest BCUT2D eigenvalue weighted by Crippen LogP contribution is 2.15. The maximum absolute atomic E-state index is 5.87. The summed E-state index contributed by atoms with van der Waals surface area (Å²) in [5.74, 6) is 2.10. The summed E-state index contributed by atoms with van der Waals surface area (Å²) in [4.78, 5) is 13.5. The molecule has 1 fully saturated rings. The summed E-state index contributed by atoms with van der Waals surface area (Å²) in [5.41, 5.74) is 7.01. The second-order valence-corrected chi connectivity index (χ2v) is 6.29. The number of hydrogen-bond acceptors (Lipinski definition) is 4. The number of aliphatic imine (C=N–C) groups is 1. The van der Waals surface area contributed by atoms with Crippen LogP contribution in [0, 0.1) is 5.92 Å². The van der Waals surface area contributed by atoms with E-state index in [0.717, 1.165) is 44.1 Å². The maximum atomic E-state index is 5.87. The molecule has 0 spiro atoms. The quantitative estimate of drug-likeness (QED) is 0.625. The van der Waals surface area contributed by atoms with E-state index in [0.29, 0.717) is 18.4 Å². The first-order valence-electron chi connectivity index (χ1n) is 7.97. The summed E-state index contributed by atoms with van der Waals surface area (Å²) in [6.45, 7) is 9.92. The smallest absolute Gasteiger partial charge is 0.188 e. The Morgan fingerprint density at radius 2 is 2.09 bits per heavy atom. The minimum atomic E-state index is 0.506. The lowest BCUT2D eigenvalue weighted by molar-refractivity contribution is 0.312. The molecule has 1 aliphatic heterocycles. The Morgan fingerprint density at radius 3 is 2.77 bits per heavy atom. The van der Waals surface area contributed by atoms with Gasteiger partial charge in [-0.1, -0.05) is 13.8 Å². The van der Waals surface area contributed by atoms with Crippen LogP contribution in [0.2, 0.25) is 0 Å². The highest BCUT2D eigenvalue weighted by atomic mass is 15.3. The molecule has 122 valence electrons. The minimum absolute atomic E-state index is 0.506. The van der Waals surface area contributed by atoms with Crippen molar-refractivity contribution in [3.63, 3.8) is 0 Å². The average Bonchev–Trinajstić information content (AvgIpc) is 2.52. The molecule has 2 rings (SSSR count). The molecular formula is C16H28N6. The predicted octanol–water partition coefficient (Wildman–Crippen LogP) is 0.894. The zero-order valence-corrected chi connectivity index (χ0v) is 13.9. The molecule has 0 bridgehead atoms. The topological polar surface area (TPSA) is 69.8 Å². The highest BCUT2D eigenvalue weighted by Gasteiger charge is 2.15. The summed E-state index contributed by atoms with van der Waals surface area (Å²) < 4.78 is 0. The second kappa shape index (κ2) is 7.98. The van der Waals surface area contributed by atoms with Crippen molar-refractivity contribution in [2.45, 2.75) is 20.4 Å². The molecule has 0 amide bonds. The minimum Gasteiger partial charge on any atom is -0.370 e. The number of likely N-dealkylation sites (N-methyl/N-ethyl adjacent to an activating group) is 1. The maximum Gasteiger partial charge on any atom is 0.188 e. The van der Waals surface area contributed by atoms with Crippen molar-refractivity contribution in [2.24, 2.45) is 16.6 Å². The lowest BCUT2D eigenvalue weighted by Gasteiger charge is -2.33. The molecule has 0 aromatic carbocycles. The van der Waals surface area contributed by atoms with Crippen LogP contribution in [-0.2, 0) is 6.54 Å². The van der Waals surface area contributed by atoms with Crippen LogP contribution in [0.1, 0.15) is 19.4 Å². The van der Waals surface area contributed by atoms with Gasteiger partial charge in [-0.05, 0) is 30.7 Å². The molecule has 1 saturated heterocycles. The predicted molar refractivity (Wildman–Crippen MR) is 92.1 cm³/mol.